The Bertz CT molecular complexity index is 1120. The van der Waals surface area contributed by atoms with Crippen molar-refractivity contribution < 1.29 is 13.9 Å². The molecule has 0 unspecified atom stereocenters. The van der Waals surface area contributed by atoms with E-state index in [1.54, 1.807) is 0 Å². The Balaban J connectivity index is 1.58. The Labute approximate surface area is 186 Å². The van der Waals surface area contributed by atoms with E-state index in [-0.39, 0.29) is 11.7 Å². The number of benzene rings is 2. The van der Waals surface area contributed by atoms with E-state index in [0.717, 1.165) is 22.4 Å². The molecule has 3 aromatic rings. The van der Waals surface area contributed by atoms with Gasteiger partial charge in [-0.3, -0.25) is 9.69 Å². The summed E-state index contributed by atoms with van der Waals surface area (Å²) in [6.45, 7) is 8.60. The van der Waals surface area contributed by atoms with Crippen molar-refractivity contribution in [1.29, 1.82) is 0 Å². The van der Waals surface area contributed by atoms with Crippen LogP contribution in [0, 0.1) is 0 Å². The second-order valence-electron chi connectivity index (χ2n) is 7.82. The van der Waals surface area contributed by atoms with Crippen molar-refractivity contribution in [2.45, 2.75) is 38.5 Å². The van der Waals surface area contributed by atoms with Crippen molar-refractivity contribution in [1.82, 2.24) is 10.2 Å². The number of anilines is 1. The molecule has 160 valence electrons. The van der Waals surface area contributed by atoms with Crippen LogP contribution in [0.3, 0.4) is 0 Å². The lowest BCUT2D eigenvalue weighted by atomic mass is 9.88. The van der Waals surface area contributed by atoms with Gasteiger partial charge in [0.15, 0.2) is 0 Å². The number of allylic oxidation sites excluding steroid dienone is 1. The van der Waals surface area contributed by atoms with E-state index in [2.05, 4.69) is 23.2 Å². The van der Waals surface area contributed by atoms with E-state index < -0.39 is 5.54 Å². The molecule has 0 atom stereocenters. The molecular weight excluding hydrogens is 410 g/mol. The molecule has 7 heteroatoms. The first kappa shape index (κ1) is 21.2. The summed E-state index contributed by atoms with van der Waals surface area (Å²) in [6, 6.07) is 15.5. The molecule has 6 nitrogen and oxygen atoms in total. The first-order valence-corrected chi connectivity index (χ1v) is 11.2. The monoisotopic (exact) mass is 435 g/mol. The maximum Gasteiger partial charge on any atom is 0.277 e. The molecule has 31 heavy (non-hydrogen) atoms. The van der Waals surface area contributed by atoms with Crippen molar-refractivity contribution in [3.8, 4) is 17.2 Å². The molecule has 0 aliphatic carbocycles. The number of ether oxygens (including phenoxy) is 1. The van der Waals surface area contributed by atoms with Gasteiger partial charge in [-0.1, -0.05) is 48.2 Å². The molecule has 1 aliphatic rings. The van der Waals surface area contributed by atoms with Crippen LogP contribution in [0.5, 0.6) is 5.75 Å². The predicted octanol–water partition coefficient (Wildman–Crippen LogP) is 5.46. The molecule has 0 N–H and O–H groups in total. The van der Waals surface area contributed by atoms with Crippen molar-refractivity contribution in [3.63, 3.8) is 0 Å². The third-order valence-electron chi connectivity index (χ3n) is 5.09. The van der Waals surface area contributed by atoms with Crippen LogP contribution in [0.2, 0.25) is 0 Å². The predicted molar refractivity (Wildman–Crippen MR) is 123 cm³/mol. The standard InChI is InChI=1S/C24H25N3O3S/c1-5-29-19-13-9-12-18-16(2)14-24(3,4)27(21(18)19)20(28)15-31-23-26-25-22(30-23)17-10-7-6-8-11-17/h6-14H,5,15H2,1-4H3. The zero-order valence-corrected chi connectivity index (χ0v) is 18.9. The van der Waals surface area contributed by atoms with Gasteiger partial charge in [-0.2, -0.15) is 0 Å². The first-order valence-electron chi connectivity index (χ1n) is 10.2. The summed E-state index contributed by atoms with van der Waals surface area (Å²) in [5, 5.41) is 8.55. The fraction of sp³-hybridized carbons (Fsp3) is 0.292. The Morgan fingerprint density at radius 3 is 2.65 bits per heavy atom. The molecule has 0 radical (unpaired) electrons. The Kier molecular flexibility index (Phi) is 5.87. The van der Waals surface area contributed by atoms with Gasteiger partial charge in [-0.25, -0.2) is 0 Å². The van der Waals surface area contributed by atoms with E-state index in [1.807, 2.05) is 74.2 Å². The fourth-order valence-corrected chi connectivity index (χ4v) is 4.52. The molecule has 0 saturated heterocycles. The van der Waals surface area contributed by atoms with Crippen LogP contribution in [0.1, 0.15) is 33.3 Å². The van der Waals surface area contributed by atoms with Crippen LogP contribution in [0.4, 0.5) is 5.69 Å². The molecular formula is C24H25N3O3S. The van der Waals surface area contributed by atoms with Crippen LogP contribution in [0.15, 0.2) is 64.2 Å². The number of carbonyl (C=O) groups excluding carboxylic acids is 1. The van der Waals surface area contributed by atoms with Crippen LogP contribution in [-0.4, -0.2) is 34.0 Å². The number of amides is 1. The summed E-state index contributed by atoms with van der Waals surface area (Å²) in [7, 11) is 0. The smallest absolute Gasteiger partial charge is 0.277 e. The van der Waals surface area contributed by atoms with Gasteiger partial charge in [0.1, 0.15) is 5.75 Å². The second-order valence-corrected chi connectivity index (χ2v) is 8.75. The number of thioether (sulfide) groups is 1. The van der Waals surface area contributed by atoms with Crippen molar-refractivity contribution in [3.05, 3.63) is 60.2 Å². The highest BCUT2D eigenvalue weighted by Crippen LogP contribution is 2.44. The number of para-hydroxylation sites is 1. The zero-order chi connectivity index (χ0) is 22.0. The minimum atomic E-state index is -0.494. The number of rotatable bonds is 6. The average Bonchev–Trinajstić information content (AvgIpc) is 3.22. The molecule has 2 heterocycles. The summed E-state index contributed by atoms with van der Waals surface area (Å²) < 4.78 is 11.6. The summed E-state index contributed by atoms with van der Waals surface area (Å²) in [5.74, 6) is 1.28. The van der Waals surface area contributed by atoms with E-state index in [4.69, 9.17) is 9.15 Å². The van der Waals surface area contributed by atoms with E-state index in [9.17, 15) is 4.79 Å². The van der Waals surface area contributed by atoms with Crippen LogP contribution >= 0.6 is 11.8 Å². The summed E-state index contributed by atoms with van der Waals surface area (Å²) in [4.78, 5) is 15.2. The lowest BCUT2D eigenvalue weighted by Crippen LogP contribution is -2.50. The Morgan fingerprint density at radius 1 is 1.13 bits per heavy atom. The van der Waals surface area contributed by atoms with Gasteiger partial charge in [-0.15, -0.1) is 10.2 Å². The minimum absolute atomic E-state index is 0.0494. The van der Waals surface area contributed by atoms with Gasteiger partial charge in [-0.05, 0) is 51.5 Å². The Hall–Kier alpha value is -3.06. The first-order chi connectivity index (χ1) is 14.9. The highest BCUT2D eigenvalue weighted by atomic mass is 32.2. The highest BCUT2D eigenvalue weighted by molar-refractivity contribution is 7.99. The van der Waals surface area contributed by atoms with Gasteiger partial charge in [0.25, 0.3) is 5.22 Å². The molecule has 1 aromatic heterocycles. The van der Waals surface area contributed by atoms with Gasteiger partial charge in [0.05, 0.1) is 23.6 Å². The number of hydrogen-bond donors (Lipinski definition) is 0. The van der Waals surface area contributed by atoms with Gasteiger partial charge >= 0.3 is 0 Å². The molecule has 1 amide bonds. The van der Waals surface area contributed by atoms with Gasteiger partial charge in [0, 0.05) is 11.1 Å². The zero-order valence-electron chi connectivity index (χ0n) is 18.1. The Morgan fingerprint density at radius 2 is 1.90 bits per heavy atom. The third kappa shape index (κ3) is 4.23. The molecule has 0 spiro atoms. The van der Waals surface area contributed by atoms with Crippen molar-refractivity contribution in [2.24, 2.45) is 0 Å². The third-order valence-corrected chi connectivity index (χ3v) is 5.89. The summed E-state index contributed by atoms with van der Waals surface area (Å²) >= 11 is 1.24. The number of carbonyl (C=O) groups is 1. The molecule has 0 bridgehead atoms. The molecule has 4 rings (SSSR count). The van der Waals surface area contributed by atoms with Crippen LogP contribution in [-0.2, 0) is 4.79 Å². The van der Waals surface area contributed by atoms with Crippen LogP contribution in [0.25, 0.3) is 17.0 Å². The van der Waals surface area contributed by atoms with Gasteiger partial charge in [0.2, 0.25) is 11.8 Å². The highest BCUT2D eigenvalue weighted by Gasteiger charge is 2.37. The normalized spacial score (nSPS) is 14.7. The summed E-state index contributed by atoms with van der Waals surface area (Å²) in [6.07, 6.45) is 2.12. The average molecular weight is 436 g/mol. The lowest BCUT2D eigenvalue weighted by molar-refractivity contribution is -0.117. The van der Waals surface area contributed by atoms with Gasteiger partial charge < -0.3 is 9.15 Å². The van der Waals surface area contributed by atoms with Crippen molar-refractivity contribution >= 4 is 28.9 Å². The number of nitrogens with zero attached hydrogens (tertiary/aromatic N) is 3. The second kappa shape index (κ2) is 8.59. The minimum Gasteiger partial charge on any atom is -0.492 e. The van der Waals surface area contributed by atoms with E-state index >= 15 is 0 Å². The van der Waals surface area contributed by atoms with E-state index in [1.165, 1.54) is 11.8 Å². The van der Waals surface area contributed by atoms with Crippen LogP contribution < -0.4 is 9.64 Å². The van der Waals surface area contributed by atoms with Crippen molar-refractivity contribution in [2.75, 3.05) is 17.3 Å². The fourth-order valence-electron chi connectivity index (χ4n) is 3.90. The topological polar surface area (TPSA) is 68.5 Å². The number of hydrogen-bond acceptors (Lipinski definition) is 6. The maximum atomic E-state index is 13.4. The number of aromatic nitrogens is 2. The largest absolute Gasteiger partial charge is 0.492 e. The SMILES string of the molecule is CCOc1cccc2c1N(C(=O)CSc1nnc(-c3ccccc3)o1)C(C)(C)C=C2C. The van der Waals surface area contributed by atoms with E-state index in [0.29, 0.717) is 23.5 Å². The summed E-state index contributed by atoms with van der Waals surface area (Å²) in [5.41, 5.74) is 3.30. The lowest BCUT2D eigenvalue weighted by Gasteiger charge is -2.42. The maximum absolute atomic E-state index is 13.4. The molecule has 0 fully saturated rings. The number of fused-ring (bicyclic) bond motifs is 1. The molecule has 1 aliphatic heterocycles. The quantitative estimate of drug-likeness (QED) is 0.479. The molecule has 2 aromatic carbocycles. The molecule has 0 saturated carbocycles.